The van der Waals surface area contributed by atoms with E-state index in [9.17, 15) is 0 Å². The fourth-order valence-electron chi connectivity index (χ4n) is 2.02. The van der Waals surface area contributed by atoms with Gasteiger partial charge in [0.25, 0.3) is 0 Å². The second kappa shape index (κ2) is 5.07. The van der Waals surface area contributed by atoms with E-state index in [4.69, 9.17) is 4.98 Å². The van der Waals surface area contributed by atoms with Crippen LogP contribution >= 0.6 is 11.3 Å². The van der Waals surface area contributed by atoms with Crippen molar-refractivity contribution >= 4 is 11.3 Å². The van der Waals surface area contributed by atoms with E-state index in [0.717, 1.165) is 12.3 Å². The number of aromatic nitrogens is 1. The van der Waals surface area contributed by atoms with Gasteiger partial charge in [0.2, 0.25) is 0 Å². The molecule has 1 atom stereocenters. The van der Waals surface area contributed by atoms with Crippen molar-refractivity contribution in [2.45, 2.75) is 57.9 Å². The van der Waals surface area contributed by atoms with Crippen LogP contribution < -0.4 is 5.32 Å². The molecule has 17 heavy (non-hydrogen) atoms. The van der Waals surface area contributed by atoms with E-state index in [1.165, 1.54) is 30.0 Å². The van der Waals surface area contributed by atoms with Crippen molar-refractivity contribution in [3.05, 3.63) is 16.1 Å². The van der Waals surface area contributed by atoms with Crippen LogP contribution in [-0.2, 0) is 11.8 Å². The van der Waals surface area contributed by atoms with Crippen molar-refractivity contribution in [1.82, 2.24) is 10.3 Å². The molecule has 1 aliphatic carbocycles. The first-order chi connectivity index (χ1) is 7.99. The number of hydrogen-bond donors (Lipinski definition) is 1. The lowest BCUT2D eigenvalue weighted by Gasteiger charge is -2.15. The number of rotatable bonds is 5. The first kappa shape index (κ1) is 13.0. The van der Waals surface area contributed by atoms with Gasteiger partial charge in [0.15, 0.2) is 0 Å². The van der Waals surface area contributed by atoms with Gasteiger partial charge >= 0.3 is 0 Å². The molecule has 2 nitrogen and oxygen atoms in total. The average molecular weight is 252 g/mol. The van der Waals surface area contributed by atoms with Gasteiger partial charge in [0.1, 0.15) is 0 Å². The van der Waals surface area contributed by atoms with Crippen LogP contribution in [0.4, 0.5) is 0 Å². The molecule has 1 saturated carbocycles. The normalized spacial score (nSPS) is 18.4. The summed E-state index contributed by atoms with van der Waals surface area (Å²) in [6.45, 7) is 6.68. The van der Waals surface area contributed by atoms with Crippen molar-refractivity contribution < 1.29 is 0 Å². The zero-order valence-electron chi connectivity index (χ0n) is 11.4. The van der Waals surface area contributed by atoms with E-state index >= 15 is 0 Å². The average Bonchev–Trinajstić information content (AvgIpc) is 2.91. The molecule has 0 amide bonds. The fraction of sp³-hybridized carbons (Fsp3) is 0.786. The van der Waals surface area contributed by atoms with Gasteiger partial charge in [-0.3, -0.25) is 0 Å². The van der Waals surface area contributed by atoms with Crippen molar-refractivity contribution in [2.24, 2.45) is 5.92 Å². The molecule has 1 heterocycles. The molecule has 0 radical (unpaired) electrons. The van der Waals surface area contributed by atoms with E-state index in [2.05, 4.69) is 38.5 Å². The maximum absolute atomic E-state index is 4.78. The molecule has 1 fully saturated rings. The number of likely N-dealkylation sites (N-methyl/N-ethyl adjacent to an activating group) is 1. The van der Waals surface area contributed by atoms with E-state index in [1.807, 2.05) is 11.3 Å². The molecule has 0 aliphatic heterocycles. The predicted molar refractivity (Wildman–Crippen MR) is 74.7 cm³/mol. The fourth-order valence-corrected chi connectivity index (χ4v) is 3.12. The maximum atomic E-state index is 4.78. The van der Waals surface area contributed by atoms with Crippen molar-refractivity contribution in [3.8, 4) is 0 Å². The molecular formula is C14H24N2S. The quantitative estimate of drug-likeness (QED) is 0.869. The minimum Gasteiger partial charge on any atom is -0.317 e. The lowest BCUT2D eigenvalue weighted by molar-refractivity contribution is 0.487. The summed E-state index contributed by atoms with van der Waals surface area (Å²) in [4.78, 5) is 4.78. The third kappa shape index (κ3) is 3.78. The van der Waals surface area contributed by atoms with Crippen LogP contribution in [0.15, 0.2) is 5.38 Å². The monoisotopic (exact) mass is 252 g/mol. The second-order valence-electron chi connectivity index (χ2n) is 6.25. The summed E-state index contributed by atoms with van der Waals surface area (Å²) in [7, 11) is 2.07. The van der Waals surface area contributed by atoms with Gasteiger partial charge in [-0.05, 0) is 19.4 Å². The predicted octanol–water partition coefficient (Wildman–Crippen LogP) is 3.37. The Labute approximate surface area is 109 Å². The zero-order chi connectivity index (χ0) is 12.5. The first-order valence-corrected chi connectivity index (χ1v) is 7.49. The molecule has 2 rings (SSSR count). The highest BCUT2D eigenvalue weighted by molar-refractivity contribution is 7.09. The molecule has 1 aromatic heterocycles. The topological polar surface area (TPSA) is 24.9 Å². The molecule has 0 spiro atoms. The Morgan fingerprint density at radius 3 is 2.65 bits per heavy atom. The second-order valence-corrected chi connectivity index (χ2v) is 7.19. The molecular weight excluding hydrogens is 228 g/mol. The number of nitrogens with one attached hydrogen (secondary N) is 1. The summed E-state index contributed by atoms with van der Waals surface area (Å²) >= 11 is 1.82. The third-order valence-corrected chi connectivity index (χ3v) is 4.34. The Balaban J connectivity index is 1.94. The van der Waals surface area contributed by atoms with Crippen LogP contribution in [0.3, 0.4) is 0 Å². The van der Waals surface area contributed by atoms with E-state index in [0.29, 0.717) is 6.04 Å². The number of thiazole rings is 1. The van der Waals surface area contributed by atoms with Crippen molar-refractivity contribution in [1.29, 1.82) is 0 Å². The highest BCUT2D eigenvalue weighted by Crippen LogP contribution is 2.34. The highest BCUT2D eigenvalue weighted by Gasteiger charge is 2.25. The zero-order valence-corrected chi connectivity index (χ0v) is 12.2. The number of nitrogens with zero attached hydrogens (tertiary/aromatic N) is 1. The Morgan fingerprint density at radius 2 is 2.18 bits per heavy atom. The van der Waals surface area contributed by atoms with E-state index < -0.39 is 0 Å². The third-order valence-electron chi connectivity index (χ3n) is 3.46. The summed E-state index contributed by atoms with van der Waals surface area (Å²) in [5.41, 5.74) is 1.42. The SMILES string of the molecule is CNC(Cc1nc(C(C)(C)C)cs1)CC1CC1. The van der Waals surface area contributed by atoms with Crippen LogP contribution in [-0.4, -0.2) is 18.1 Å². The Bertz CT molecular complexity index is 361. The number of hydrogen-bond acceptors (Lipinski definition) is 3. The van der Waals surface area contributed by atoms with Gasteiger partial charge in [-0.15, -0.1) is 11.3 Å². The van der Waals surface area contributed by atoms with Gasteiger partial charge in [-0.25, -0.2) is 4.98 Å². The lowest BCUT2D eigenvalue weighted by Crippen LogP contribution is -2.28. The Hall–Kier alpha value is -0.410. The molecule has 3 heteroatoms. The molecule has 1 N–H and O–H groups in total. The van der Waals surface area contributed by atoms with Crippen LogP contribution in [0.1, 0.15) is 50.7 Å². The first-order valence-electron chi connectivity index (χ1n) is 6.61. The minimum atomic E-state index is 0.181. The van der Waals surface area contributed by atoms with Gasteiger partial charge in [-0.1, -0.05) is 33.6 Å². The standard InChI is InChI=1S/C14H24N2S/c1-14(2,3)12-9-17-13(16-12)8-11(15-4)7-10-5-6-10/h9-11,15H,5-8H2,1-4H3. The maximum Gasteiger partial charge on any atom is 0.0944 e. The molecule has 0 bridgehead atoms. The molecule has 0 saturated heterocycles. The van der Waals surface area contributed by atoms with Crippen LogP contribution in [0, 0.1) is 5.92 Å². The summed E-state index contributed by atoms with van der Waals surface area (Å²) < 4.78 is 0. The van der Waals surface area contributed by atoms with E-state index in [-0.39, 0.29) is 5.41 Å². The Kier molecular flexibility index (Phi) is 3.88. The van der Waals surface area contributed by atoms with Gasteiger partial charge < -0.3 is 5.32 Å². The summed E-state index contributed by atoms with van der Waals surface area (Å²) in [6.07, 6.45) is 5.28. The van der Waals surface area contributed by atoms with Gasteiger partial charge in [0, 0.05) is 23.3 Å². The molecule has 1 unspecified atom stereocenters. The molecule has 96 valence electrons. The van der Waals surface area contributed by atoms with E-state index in [1.54, 1.807) is 0 Å². The Morgan fingerprint density at radius 1 is 1.47 bits per heavy atom. The molecule has 1 aliphatic rings. The minimum absolute atomic E-state index is 0.181. The lowest BCUT2D eigenvalue weighted by atomic mass is 9.93. The van der Waals surface area contributed by atoms with Gasteiger partial charge in [-0.2, -0.15) is 0 Å². The van der Waals surface area contributed by atoms with Gasteiger partial charge in [0.05, 0.1) is 10.7 Å². The summed E-state index contributed by atoms with van der Waals surface area (Å²) in [5.74, 6) is 0.981. The smallest absolute Gasteiger partial charge is 0.0944 e. The van der Waals surface area contributed by atoms with Crippen LogP contribution in [0.25, 0.3) is 0 Å². The summed E-state index contributed by atoms with van der Waals surface area (Å²) in [5, 5.41) is 6.94. The van der Waals surface area contributed by atoms with Crippen LogP contribution in [0.2, 0.25) is 0 Å². The molecule has 0 aromatic carbocycles. The van der Waals surface area contributed by atoms with Crippen molar-refractivity contribution in [2.75, 3.05) is 7.05 Å². The highest BCUT2D eigenvalue weighted by atomic mass is 32.1. The largest absolute Gasteiger partial charge is 0.317 e. The van der Waals surface area contributed by atoms with Crippen LogP contribution in [0.5, 0.6) is 0 Å². The summed E-state index contributed by atoms with van der Waals surface area (Å²) in [6, 6.07) is 0.612. The molecule has 1 aromatic rings. The van der Waals surface area contributed by atoms with Crippen molar-refractivity contribution in [3.63, 3.8) is 0 Å².